The van der Waals surface area contributed by atoms with Crippen LogP contribution in [0, 0.1) is 0 Å². The summed E-state index contributed by atoms with van der Waals surface area (Å²) in [6.45, 7) is 0.369. The molecule has 4 rings (SSSR count). The molecule has 2 aromatic heterocycles. The van der Waals surface area contributed by atoms with E-state index in [1.807, 2.05) is 66.0 Å². The van der Waals surface area contributed by atoms with Crippen LogP contribution in [0.25, 0.3) is 0 Å². The molecule has 28 heavy (non-hydrogen) atoms. The highest BCUT2D eigenvalue weighted by atomic mass is 35.5. The molecule has 1 atom stereocenters. The fraction of sp³-hybridized carbons (Fsp3) is 0.0952. The van der Waals surface area contributed by atoms with Crippen LogP contribution in [0.4, 0.5) is 5.69 Å². The maximum absolute atomic E-state index is 12.7. The molecule has 1 N–H and O–H groups in total. The second-order valence-corrected chi connectivity index (χ2v) is 7.48. The Hall–Kier alpha value is -2.96. The Balaban J connectivity index is 1.65. The van der Waals surface area contributed by atoms with Gasteiger partial charge in [0.25, 0.3) is 5.56 Å². The van der Waals surface area contributed by atoms with Crippen LogP contribution >= 0.6 is 22.9 Å². The number of rotatable bonds is 6. The van der Waals surface area contributed by atoms with Crippen molar-refractivity contribution in [1.82, 2.24) is 14.8 Å². The maximum Gasteiger partial charge on any atom is 0.287 e. The third-order valence-corrected chi connectivity index (χ3v) is 5.50. The molecule has 0 saturated heterocycles. The smallest absolute Gasteiger partial charge is 0.287 e. The fourth-order valence-electron chi connectivity index (χ4n) is 2.90. The molecule has 0 radical (unpaired) electrons. The van der Waals surface area contributed by atoms with Crippen molar-refractivity contribution in [1.29, 1.82) is 0 Å². The van der Waals surface area contributed by atoms with E-state index in [1.54, 1.807) is 12.4 Å². The predicted octanol–water partition coefficient (Wildman–Crippen LogP) is 4.60. The minimum absolute atomic E-state index is 0.114. The minimum Gasteiger partial charge on any atom is -0.369 e. The first-order chi connectivity index (χ1) is 13.7. The fourth-order valence-corrected chi connectivity index (χ4v) is 3.82. The number of thiazole rings is 1. The average molecular weight is 409 g/mol. The number of anilines is 1. The van der Waals surface area contributed by atoms with E-state index in [2.05, 4.69) is 15.4 Å². The summed E-state index contributed by atoms with van der Waals surface area (Å²) >= 11 is 7.94. The normalized spacial score (nSPS) is 11.9. The van der Waals surface area contributed by atoms with E-state index >= 15 is 0 Å². The van der Waals surface area contributed by atoms with Crippen molar-refractivity contribution in [3.63, 3.8) is 0 Å². The highest BCUT2D eigenvalue weighted by Gasteiger charge is 2.19. The summed E-state index contributed by atoms with van der Waals surface area (Å²) in [5.41, 5.74) is 2.17. The summed E-state index contributed by atoms with van der Waals surface area (Å²) in [6.07, 6.45) is 3.35. The molecule has 0 aliphatic heterocycles. The molecule has 0 saturated carbocycles. The number of hydrogen-bond acceptors (Lipinski definition) is 5. The molecule has 0 fully saturated rings. The van der Waals surface area contributed by atoms with Crippen LogP contribution in [-0.2, 0) is 6.54 Å². The SMILES string of the molecule is O=c1c(Cl)c(NC(c2ccccc2)c2nccs2)cnn1Cc1ccccc1. The van der Waals surface area contributed by atoms with Gasteiger partial charge in [0.2, 0.25) is 0 Å². The zero-order valence-electron chi connectivity index (χ0n) is 14.8. The number of nitrogens with zero attached hydrogens (tertiary/aromatic N) is 3. The Bertz CT molecular complexity index is 1100. The van der Waals surface area contributed by atoms with Crippen molar-refractivity contribution in [2.45, 2.75) is 12.6 Å². The Morgan fingerprint density at radius 2 is 1.79 bits per heavy atom. The number of nitrogens with one attached hydrogen (secondary N) is 1. The van der Waals surface area contributed by atoms with Crippen molar-refractivity contribution in [3.05, 3.63) is 110 Å². The van der Waals surface area contributed by atoms with E-state index in [0.717, 1.165) is 16.1 Å². The molecular formula is C21H17ClN4OS. The number of aromatic nitrogens is 3. The van der Waals surface area contributed by atoms with Gasteiger partial charge in [-0.25, -0.2) is 9.67 Å². The van der Waals surface area contributed by atoms with Gasteiger partial charge >= 0.3 is 0 Å². The zero-order valence-corrected chi connectivity index (χ0v) is 16.4. The van der Waals surface area contributed by atoms with Gasteiger partial charge < -0.3 is 5.32 Å². The van der Waals surface area contributed by atoms with Crippen molar-refractivity contribution in [2.75, 3.05) is 5.32 Å². The van der Waals surface area contributed by atoms with Gasteiger partial charge in [-0.2, -0.15) is 5.10 Å². The topological polar surface area (TPSA) is 59.8 Å². The Labute approximate surface area is 171 Å². The van der Waals surface area contributed by atoms with Gasteiger partial charge in [-0.15, -0.1) is 11.3 Å². The van der Waals surface area contributed by atoms with E-state index in [9.17, 15) is 4.79 Å². The maximum atomic E-state index is 12.7. The second kappa shape index (κ2) is 8.37. The standard InChI is InChI=1S/C21H17ClN4OS/c22-18-17(13-24-26(21(18)27)14-15-7-3-1-4-8-15)25-19(20-23-11-12-28-20)16-9-5-2-6-10-16/h1-13,19,25H,14H2. The van der Waals surface area contributed by atoms with Crippen molar-refractivity contribution in [3.8, 4) is 0 Å². The highest BCUT2D eigenvalue weighted by molar-refractivity contribution is 7.09. The molecule has 5 nitrogen and oxygen atoms in total. The minimum atomic E-state index is -0.332. The van der Waals surface area contributed by atoms with Crippen LogP contribution in [0.5, 0.6) is 0 Å². The van der Waals surface area contributed by atoms with Crippen LogP contribution in [0.1, 0.15) is 22.2 Å². The summed E-state index contributed by atoms with van der Waals surface area (Å²) < 4.78 is 1.36. The first-order valence-corrected chi connectivity index (χ1v) is 9.98. The third kappa shape index (κ3) is 3.98. The Morgan fingerprint density at radius 1 is 1.07 bits per heavy atom. The third-order valence-electron chi connectivity index (χ3n) is 4.29. The quantitative estimate of drug-likeness (QED) is 0.506. The molecule has 0 spiro atoms. The van der Waals surface area contributed by atoms with Crippen molar-refractivity contribution in [2.24, 2.45) is 0 Å². The van der Waals surface area contributed by atoms with Gasteiger partial charge in [0.05, 0.1) is 18.4 Å². The van der Waals surface area contributed by atoms with Gasteiger partial charge in [0.1, 0.15) is 16.1 Å². The molecule has 2 heterocycles. The van der Waals surface area contributed by atoms with Crippen LogP contribution in [0.2, 0.25) is 5.02 Å². The Morgan fingerprint density at radius 3 is 2.46 bits per heavy atom. The molecular weight excluding hydrogens is 392 g/mol. The summed E-state index contributed by atoms with van der Waals surface area (Å²) in [4.78, 5) is 17.1. The first-order valence-electron chi connectivity index (χ1n) is 8.73. The highest BCUT2D eigenvalue weighted by Crippen LogP contribution is 2.29. The molecule has 0 bridgehead atoms. The first kappa shape index (κ1) is 18.4. The number of hydrogen-bond donors (Lipinski definition) is 1. The van der Waals surface area contributed by atoms with Crippen LogP contribution in [-0.4, -0.2) is 14.8 Å². The largest absolute Gasteiger partial charge is 0.369 e. The lowest BCUT2D eigenvalue weighted by atomic mass is 10.1. The molecule has 7 heteroatoms. The lowest BCUT2D eigenvalue weighted by molar-refractivity contribution is 0.639. The average Bonchev–Trinajstić information content (AvgIpc) is 3.27. The van der Waals surface area contributed by atoms with Crippen LogP contribution in [0.3, 0.4) is 0 Å². The van der Waals surface area contributed by atoms with Gasteiger partial charge in [-0.1, -0.05) is 72.3 Å². The lowest BCUT2D eigenvalue weighted by Crippen LogP contribution is -2.25. The van der Waals surface area contributed by atoms with Crippen LogP contribution < -0.4 is 10.9 Å². The monoisotopic (exact) mass is 408 g/mol. The summed E-state index contributed by atoms with van der Waals surface area (Å²) in [5, 5.41) is 10.6. The van der Waals surface area contributed by atoms with E-state index in [0.29, 0.717) is 12.2 Å². The van der Waals surface area contributed by atoms with Gasteiger partial charge in [0.15, 0.2) is 0 Å². The molecule has 0 aliphatic carbocycles. The zero-order chi connectivity index (χ0) is 19.3. The molecule has 1 unspecified atom stereocenters. The summed E-state index contributed by atoms with van der Waals surface area (Å²) in [5.74, 6) is 0. The molecule has 0 amide bonds. The summed E-state index contributed by atoms with van der Waals surface area (Å²) in [6, 6.07) is 19.4. The molecule has 140 valence electrons. The number of halogens is 1. The van der Waals surface area contributed by atoms with Crippen LogP contribution in [0.15, 0.2) is 83.2 Å². The van der Waals surface area contributed by atoms with Crippen molar-refractivity contribution >= 4 is 28.6 Å². The second-order valence-electron chi connectivity index (χ2n) is 6.18. The van der Waals surface area contributed by atoms with E-state index in [1.165, 1.54) is 16.0 Å². The van der Waals surface area contributed by atoms with E-state index in [-0.39, 0.29) is 16.6 Å². The summed E-state index contributed by atoms with van der Waals surface area (Å²) in [7, 11) is 0. The predicted molar refractivity (Wildman–Crippen MR) is 113 cm³/mol. The van der Waals surface area contributed by atoms with Crippen molar-refractivity contribution < 1.29 is 0 Å². The molecule has 2 aromatic carbocycles. The van der Waals surface area contributed by atoms with Gasteiger partial charge in [0, 0.05) is 11.6 Å². The van der Waals surface area contributed by atoms with E-state index in [4.69, 9.17) is 11.6 Å². The lowest BCUT2D eigenvalue weighted by Gasteiger charge is -2.19. The number of benzene rings is 2. The Kier molecular flexibility index (Phi) is 5.50. The van der Waals surface area contributed by atoms with E-state index < -0.39 is 0 Å². The molecule has 0 aliphatic rings. The van der Waals surface area contributed by atoms with Gasteiger partial charge in [-0.05, 0) is 11.1 Å². The molecule has 4 aromatic rings. The van der Waals surface area contributed by atoms with Gasteiger partial charge in [-0.3, -0.25) is 4.79 Å².